The van der Waals surface area contributed by atoms with Crippen molar-refractivity contribution in [3.05, 3.63) is 60.7 Å². The van der Waals surface area contributed by atoms with Crippen molar-refractivity contribution in [2.45, 2.75) is 0 Å². The normalized spacial score (nSPS) is 10.5. The monoisotopic (exact) mass is 290 g/mol. The lowest BCUT2D eigenvalue weighted by atomic mass is 9.98. The van der Waals surface area contributed by atoms with Gasteiger partial charge in [0.25, 0.3) is 0 Å². The summed E-state index contributed by atoms with van der Waals surface area (Å²) in [6, 6.07) is 19.5. The Labute approximate surface area is 129 Å². The van der Waals surface area contributed by atoms with E-state index in [1.54, 1.807) is 0 Å². The molecule has 3 aromatic rings. The van der Waals surface area contributed by atoms with Crippen LogP contribution in [0, 0.1) is 0 Å². The molecular weight excluding hydrogens is 272 g/mol. The molecule has 0 aromatic heterocycles. The smallest absolute Gasteiger partial charge is 0.0554 e. The van der Waals surface area contributed by atoms with E-state index in [1.165, 1.54) is 0 Å². The Morgan fingerprint density at radius 2 is 0.818 bits per heavy atom. The van der Waals surface area contributed by atoms with Gasteiger partial charge in [0, 0.05) is 0 Å². The van der Waals surface area contributed by atoms with Crippen LogP contribution < -0.4 is 22.9 Å². The highest BCUT2D eigenvalue weighted by molar-refractivity contribution is 5.80. The minimum Gasteiger partial charge on any atom is -0.397 e. The molecule has 110 valence electrons. The van der Waals surface area contributed by atoms with Crippen LogP contribution in [0.15, 0.2) is 60.7 Å². The summed E-state index contributed by atoms with van der Waals surface area (Å²) in [5, 5.41) is 0. The van der Waals surface area contributed by atoms with Gasteiger partial charge in [-0.1, -0.05) is 30.3 Å². The number of hydrogen-bond acceptors (Lipinski definition) is 4. The molecule has 0 atom stereocenters. The molecule has 0 spiro atoms. The summed E-state index contributed by atoms with van der Waals surface area (Å²) in [6.07, 6.45) is 0. The lowest BCUT2D eigenvalue weighted by Crippen LogP contribution is -1.95. The lowest BCUT2D eigenvalue weighted by molar-refractivity contribution is 1.58. The maximum Gasteiger partial charge on any atom is 0.0554 e. The van der Waals surface area contributed by atoms with Crippen molar-refractivity contribution in [1.29, 1.82) is 0 Å². The van der Waals surface area contributed by atoms with Crippen molar-refractivity contribution in [2.24, 2.45) is 0 Å². The van der Waals surface area contributed by atoms with Crippen molar-refractivity contribution in [2.75, 3.05) is 22.9 Å². The molecule has 0 aliphatic carbocycles. The molecule has 0 aliphatic heterocycles. The van der Waals surface area contributed by atoms with Crippen molar-refractivity contribution in [3.8, 4) is 22.3 Å². The molecule has 4 nitrogen and oxygen atoms in total. The van der Waals surface area contributed by atoms with E-state index in [2.05, 4.69) is 6.07 Å². The van der Waals surface area contributed by atoms with Gasteiger partial charge in [0.05, 0.1) is 22.7 Å². The number of rotatable bonds is 2. The molecule has 0 unspecified atom stereocenters. The predicted octanol–water partition coefficient (Wildman–Crippen LogP) is 3.35. The highest BCUT2D eigenvalue weighted by Gasteiger charge is 2.05. The van der Waals surface area contributed by atoms with E-state index in [0.717, 1.165) is 22.3 Å². The third-order valence-corrected chi connectivity index (χ3v) is 3.70. The highest BCUT2D eigenvalue weighted by Crippen LogP contribution is 2.30. The summed E-state index contributed by atoms with van der Waals surface area (Å²) < 4.78 is 0. The van der Waals surface area contributed by atoms with Crippen LogP contribution in [0.25, 0.3) is 22.3 Å². The zero-order valence-electron chi connectivity index (χ0n) is 12.1. The van der Waals surface area contributed by atoms with E-state index >= 15 is 0 Å². The molecule has 0 radical (unpaired) electrons. The average Bonchev–Trinajstić information content (AvgIpc) is 2.53. The van der Waals surface area contributed by atoms with Gasteiger partial charge in [-0.3, -0.25) is 0 Å². The Morgan fingerprint density at radius 3 is 1.23 bits per heavy atom. The number of hydrogen-bond donors (Lipinski definition) is 4. The van der Waals surface area contributed by atoms with E-state index in [9.17, 15) is 0 Å². The molecule has 8 N–H and O–H groups in total. The van der Waals surface area contributed by atoms with Crippen LogP contribution in [0.5, 0.6) is 0 Å². The second-order valence-electron chi connectivity index (χ2n) is 5.27. The molecule has 3 aromatic carbocycles. The van der Waals surface area contributed by atoms with Crippen molar-refractivity contribution >= 4 is 22.7 Å². The second kappa shape index (κ2) is 5.33. The molecule has 0 heterocycles. The summed E-state index contributed by atoms with van der Waals surface area (Å²) in [7, 11) is 0. The predicted molar refractivity (Wildman–Crippen MR) is 95.0 cm³/mol. The van der Waals surface area contributed by atoms with Gasteiger partial charge in [0.15, 0.2) is 0 Å². The Bertz CT molecular complexity index is 773. The number of nitrogens with two attached hydrogens (primary N) is 4. The molecule has 0 saturated carbocycles. The van der Waals surface area contributed by atoms with Crippen LogP contribution in [-0.2, 0) is 0 Å². The quantitative estimate of drug-likeness (QED) is 0.543. The standard InChI is InChI=1S/C18H18N4/c19-15-6-4-13(9-17(15)21)11-2-1-3-12(8-11)14-5-7-16(20)18(22)10-14/h1-10H,19-22H2. The lowest BCUT2D eigenvalue weighted by Gasteiger charge is -2.09. The van der Waals surface area contributed by atoms with Gasteiger partial charge in [-0.25, -0.2) is 0 Å². The van der Waals surface area contributed by atoms with Crippen LogP contribution >= 0.6 is 0 Å². The van der Waals surface area contributed by atoms with Gasteiger partial charge in [-0.05, 0) is 52.6 Å². The van der Waals surface area contributed by atoms with Gasteiger partial charge < -0.3 is 22.9 Å². The topological polar surface area (TPSA) is 104 Å². The molecule has 3 rings (SSSR count). The fraction of sp³-hybridized carbons (Fsp3) is 0. The zero-order chi connectivity index (χ0) is 15.7. The van der Waals surface area contributed by atoms with Crippen molar-refractivity contribution in [1.82, 2.24) is 0 Å². The van der Waals surface area contributed by atoms with Crippen LogP contribution in [-0.4, -0.2) is 0 Å². The molecule has 0 amide bonds. The molecule has 0 bridgehead atoms. The van der Waals surface area contributed by atoms with Gasteiger partial charge in [-0.15, -0.1) is 0 Å². The first kappa shape index (κ1) is 13.8. The molecule has 22 heavy (non-hydrogen) atoms. The third-order valence-electron chi connectivity index (χ3n) is 3.70. The molecule has 0 aliphatic rings. The third kappa shape index (κ3) is 2.54. The molecule has 0 fully saturated rings. The first-order chi connectivity index (χ1) is 10.5. The summed E-state index contributed by atoms with van der Waals surface area (Å²) in [4.78, 5) is 0. The Hall–Kier alpha value is -3.14. The van der Waals surface area contributed by atoms with Gasteiger partial charge in [-0.2, -0.15) is 0 Å². The van der Waals surface area contributed by atoms with Crippen LogP contribution in [0.3, 0.4) is 0 Å². The average molecular weight is 290 g/mol. The van der Waals surface area contributed by atoms with Crippen molar-refractivity contribution < 1.29 is 0 Å². The Morgan fingerprint density at radius 1 is 0.409 bits per heavy atom. The number of nitrogen functional groups attached to an aromatic ring is 4. The Balaban J connectivity index is 2.05. The summed E-state index contributed by atoms with van der Waals surface area (Å²) in [5.74, 6) is 0. The first-order valence-corrected chi connectivity index (χ1v) is 6.95. The van der Waals surface area contributed by atoms with Crippen LogP contribution in [0.1, 0.15) is 0 Å². The maximum atomic E-state index is 5.89. The van der Waals surface area contributed by atoms with E-state index in [-0.39, 0.29) is 0 Å². The van der Waals surface area contributed by atoms with E-state index in [0.29, 0.717) is 22.7 Å². The molecule has 4 heteroatoms. The molecular formula is C18H18N4. The van der Waals surface area contributed by atoms with E-state index < -0.39 is 0 Å². The minimum atomic E-state index is 0.583. The van der Waals surface area contributed by atoms with Crippen LogP contribution in [0.4, 0.5) is 22.7 Å². The van der Waals surface area contributed by atoms with Crippen molar-refractivity contribution in [3.63, 3.8) is 0 Å². The van der Waals surface area contributed by atoms with E-state index in [1.807, 2.05) is 54.6 Å². The minimum absolute atomic E-state index is 0.583. The van der Waals surface area contributed by atoms with Gasteiger partial charge in [0.2, 0.25) is 0 Å². The SMILES string of the molecule is Nc1ccc(-c2cccc(-c3ccc(N)c(N)c3)c2)cc1N. The van der Waals surface area contributed by atoms with Crippen LogP contribution in [0.2, 0.25) is 0 Å². The highest BCUT2D eigenvalue weighted by atomic mass is 14.7. The van der Waals surface area contributed by atoms with E-state index in [4.69, 9.17) is 22.9 Å². The summed E-state index contributed by atoms with van der Waals surface area (Å²) >= 11 is 0. The zero-order valence-corrected chi connectivity index (χ0v) is 12.1. The summed E-state index contributed by atoms with van der Waals surface area (Å²) in [6.45, 7) is 0. The fourth-order valence-corrected chi connectivity index (χ4v) is 2.39. The Kier molecular flexibility index (Phi) is 3.35. The van der Waals surface area contributed by atoms with Gasteiger partial charge in [0.1, 0.15) is 0 Å². The fourth-order valence-electron chi connectivity index (χ4n) is 2.39. The van der Waals surface area contributed by atoms with Gasteiger partial charge >= 0.3 is 0 Å². The second-order valence-corrected chi connectivity index (χ2v) is 5.27. The summed E-state index contributed by atoms with van der Waals surface area (Å²) in [5.41, 5.74) is 29.8. The largest absolute Gasteiger partial charge is 0.397 e. The number of benzene rings is 3. The first-order valence-electron chi connectivity index (χ1n) is 6.95. The maximum absolute atomic E-state index is 5.89. The number of anilines is 4. The molecule has 0 saturated heterocycles.